The monoisotopic (exact) mass is 271 g/mol. The summed E-state index contributed by atoms with van der Waals surface area (Å²) in [6.07, 6.45) is 1.22. The number of ether oxygens (including phenoxy) is 1. The van der Waals surface area contributed by atoms with Crippen molar-refractivity contribution in [2.45, 2.75) is 19.4 Å². The largest absolute Gasteiger partial charge is 0.375 e. The highest BCUT2D eigenvalue weighted by Crippen LogP contribution is 2.18. The lowest BCUT2D eigenvalue weighted by Gasteiger charge is -2.32. The number of hydrogen-bond acceptors (Lipinski definition) is 6. The molecule has 2 heterocycles. The Morgan fingerprint density at radius 3 is 2.83 bits per heavy atom. The summed E-state index contributed by atoms with van der Waals surface area (Å²) in [6.45, 7) is 4.38. The third kappa shape index (κ3) is 3.00. The molecule has 7 heteroatoms. The first-order valence-electron chi connectivity index (χ1n) is 6.05. The summed E-state index contributed by atoms with van der Waals surface area (Å²) in [6, 6.07) is 0. The molecule has 1 unspecified atom stereocenters. The molecular formula is C11H18ClN5O. The molecule has 1 aromatic heterocycles. The van der Waals surface area contributed by atoms with Crippen molar-refractivity contribution in [1.82, 2.24) is 15.0 Å². The maximum atomic E-state index is 5.94. The standard InChI is InChI=1S/C11H18ClN5O/c1-4-8-7-17(5-6-18-8)11-14-9(12)13-10(15-11)16(2)3/h8H,4-7H2,1-3H3. The van der Waals surface area contributed by atoms with Crippen LogP contribution in [0, 0.1) is 0 Å². The molecule has 1 atom stereocenters. The Balaban J connectivity index is 2.21. The van der Waals surface area contributed by atoms with E-state index in [2.05, 4.69) is 26.8 Å². The van der Waals surface area contributed by atoms with E-state index >= 15 is 0 Å². The van der Waals surface area contributed by atoms with Crippen LogP contribution in [0.4, 0.5) is 11.9 Å². The fourth-order valence-corrected chi connectivity index (χ4v) is 1.97. The van der Waals surface area contributed by atoms with Gasteiger partial charge in [0.25, 0.3) is 0 Å². The average molecular weight is 272 g/mol. The summed E-state index contributed by atoms with van der Waals surface area (Å²) in [7, 11) is 3.76. The molecule has 0 bridgehead atoms. The number of morpholine rings is 1. The normalized spacial score (nSPS) is 20.0. The molecule has 1 aromatic rings. The van der Waals surface area contributed by atoms with E-state index in [1.165, 1.54) is 0 Å². The highest BCUT2D eigenvalue weighted by atomic mass is 35.5. The molecule has 1 fully saturated rings. The van der Waals surface area contributed by atoms with Gasteiger partial charge in [-0.1, -0.05) is 6.92 Å². The van der Waals surface area contributed by atoms with Gasteiger partial charge in [0, 0.05) is 27.2 Å². The van der Waals surface area contributed by atoms with Gasteiger partial charge in [-0.25, -0.2) is 0 Å². The Morgan fingerprint density at radius 1 is 1.39 bits per heavy atom. The molecule has 1 aliphatic heterocycles. The van der Waals surface area contributed by atoms with Gasteiger partial charge < -0.3 is 14.5 Å². The fraction of sp³-hybridized carbons (Fsp3) is 0.727. The molecule has 0 aromatic carbocycles. The highest BCUT2D eigenvalue weighted by Gasteiger charge is 2.22. The lowest BCUT2D eigenvalue weighted by atomic mass is 10.2. The SMILES string of the molecule is CCC1CN(c2nc(Cl)nc(N(C)C)n2)CCO1. The highest BCUT2D eigenvalue weighted by molar-refractivity contribution is 6.28. The Kier molecular flexibility index (Phi) is 4.19. The molecule has 0 aliphatic carbocycles. The predicted molar refractivity (Wildman–Crippen MR) is 71.4 cm³/mol. The van der Waals surface area contributed by atoms with Gasteiger partial charge in [-0.05, 0) is 18.0 Å². The van der Waals surface area contributed by atoms with Crippen molar-refractivity contribution in [1.29, 1.82) is 0 Å². The van der Waals surface area contributed by atoms with Gasteiger partial charge in [-0.2, -0.15) is 15.0 Å². The van der Waals surface area contributed by atoms with E-state index in [0.29, 0.717) is 18.5 Å². The second kappa shape index (κ2) is 5.67. The predicted octanol–water partition coefficient (Wildman–Crippen LogP) is 1.21. The zero-order valence-corrected chi connectivity index (χ0v) is 11.7. The van der Waals surface area contributed by atoms with Crippen LogP contribution in [0.15, 0.2) is 0 Å². The van der Waals surface area contributed by atoms with E-state index in [4.69, 9.17) is 16.3 Å². The van der Waals surface area contributed by atoms with Gasteiger partial charge in [-0.3, -0.25) is 0 Å². The van der Waals surface area contributed by atoms with Crippen molar-refractivity contribution in [3.05, 3.63) is 5.28 Å². The van der Waals surface area contributed by atoms with E-state index in [-0.39, 0.29) is 11.4 Å². The van der Waals surface area contributed by atoms with Gasteiger partial charge in [-0.15, -0.1) is 0 Å². The molecular weight excluding hydrogens is 254 g/mol. The molecule has 1 aliphatic rings. The fourth-order valence-electron chi connectivity index (χ4n) is 1.82. The Labute approximate surface area is 112 Å². The summed E-state index contributed by atoms with van der Waals surface area (Å²) in [5.41, 5.74) is 0. The van der Waals surface area contributed by atoms with Crippen molar-refractivity contribution in [2.24, 2.45) is 0 Å². The summed E-state index contributed by atoms with van der Waals surface area (Å²) in [5, 5.41) is 0.225. The van der Waals surface area contributed by atoms with E-state index in [1.54, 1.807) is 0 Å². The number of halogens is 1. The van der Waals surface area contributed by atoms with Gasteiger partial charge in [0.15, 0.2) is 0 Å². The zero-order chi connectivity index (χ0) is 13.1. The zero-order valence-electron chi connectivity index (χ0n) is 10.9. The minimum Gasteiger partial charge on any atom is -0.375 e. The molecule has 100 valence electrons. The summed E-state index contributed by atoms with van der Waals surface area (Å²) in [4.78, 5) is 16.6. The second-order valence-electron chi connectivity index (χ2n) is 4.45. The minimum atomic E-state index is 0.225. The molecule has 0 saturated carbocycles. The number of hydrogen-bond donors (Lipinski definition) is 0. The van der Waals surface area contributed by atoms with Crippen LogP contribution in [0.5, 0.6) is 0 Å². The third-order valence-electron chi connectivity index (χ3n) is 2.86. The maximum Gasteiger partial charge on any atom is 0.231 e. The molecule has 2 rings (SSSR count). The molecule has 0 amide bonds. The van der Waals surface area contributed by atoms with Crippen LogP contribution >= 0.6 is 11.6 Å². The lowest BCUT2D eigenvalue weighted by molar-refractivity contribution is 0.0379. The third-order valence-corrected chi connectivity index (χ3v) is 3.03. The first-order chi connectivity index (χ1) is 8.60. The topological polar surface area (TPSA) is 54.4 Å². The lowest BCUT2D eigenvalue weighted by Crippen LogP contribution is -2.43. The smallest absolute Gasteiger partial charge is 0.231 e. The van der Waals surface area contributed by atoms with Crippen molar-refractivity contribution >= 4 is 23.5 Å². The van der Waals surface area contributed by atoms with Crippen molar-refractivity contribution in [3.63, 3.8) is 0 Å². The molecule has 0 radical (unpaired) electrons. The number of aromatic nitrogens is 3. The van der Waals surface area contributed by atoms with E-state index in [0.717, 1.165) is 19.5 Å². The molecule has 0 spiro atoms. The van der Waals surface area contributed by atoms with E-state index in [9.17, 15) is 0 Å². The average Bonchev–Trinajstić information content (AvgIpc) is 2.38. The Hall–Kier alpha value is -1.14. The first-order valence-corrected chi connectivity index (χ1v) is 6.43. The summed E-state index contributed by atoms with van der Waals surface area (Å²) in [5.74, 6) is 1.20. The van der Waals surface area contributed by atoms with Crippen molar-refractivity contribution < 1.29 is 4.74 Å². The summed E-state index contributed by atoms with van der Waals surface area (Å²) >= 11 is 5.94. The number of anilines is 2. The quantitative estimate of drug-likeness (QED) is 0.824. The molecule has 0 N–H and O–H groups in total. The van der Waals surface area contributed by atoms with Crippen LogP contribution in [0.25, 0.3) is 0 Å². The molecule has 18 heavy (non-hydrogen) atoms. The van der Waals surface area contributed by atoms with Crippen LogP contribution in [-0.2, 0) is 4.74 Å². The van der Waals surface area contributed by atoms with Gasteiger partial charge >= 0.3 is 0 Å². The van der Waals surface area contributed by atoms with Crippen LogP contribution in [0.1, 0.15) is 13.3 Å². The Bertz CT molecular complexity index is 414. The second-order valence-corrected chi connectivity index (χ2v) is 4.78. The minimum absolute atomic E-state index is 0.225. The van der Waals surface area contributed by atoms with Crippen molar-refractivity contribution in [3.8, 4) is 0 Å². The van der Waals surface area contributed by atoms with Crippen LogP contribution in [0.2, 0.25) is 5.28 Å². The van der Waals surface area contributed by atoms with E-state index < -0.39 is 0 Å². The van der Waals surface area contributed by atoms with Crippen LogP contribution in [-0.4, -0.2) is 54.8 Å². The van der Waals surface area contributed by atoms with Gasteiger partial charge in [0.2, 0.25) is 17.2 Å². The van der Waals surface area contributed by atoms with Gasteiger partial charge in [0.05, 0.1) is 12.7 Å². The first kappa shape index (κ1) is 13.3. The van der Waals surface area contributed by atoms with Crippen LogP contribution < -0.4 is 9.80 Å². The molecule has 6 nitrogen and oxygen atoms in total. The maximum absolute atomic E-state index is 5.94. The molecule has 1 saturated heterocycles. The van der Waals surface area contributed by atoms with Crippen LogP contribution in [0.3, 0.4) is 0 Å². The number of rotatable bonds is 3. The van der Waals surface area contributed by atoms with Crippen molar-refractivity contribution in [2.75, 3.05) is 43.6 Å². The summed E-state index contributed by atoms with van der Waals surface area (Å²) < 4.78 is 5.63. The number of nitrogens with zero attached hydrogens (tertiary/aromatic N) is 5. The van der Waals surface area contributed by atoms with Gasteiger partial charge in [0.1, 0.15) is 0 Å². The Morgan fingerprint density at radius 2 is 2.17 bits per heavy atom. The van der Waals surface area contributed by atoms with E-state index in [1.807, 2.05) is 19.0 Å².